The molecule has 0 aliphatic carbocycles. The zero-order chi connectivity index (χ0) is 14.4. The molecule has 0 radical (unpaired) electrons. The minimum Gasteiger partial charge on any atom is -0.296 e. The molecule has 19 heavy (non-hydrogen) atoms. The van der Waals surface area contributed by atoms with E-state index in [1.807, 2.05) is 13.1 Å². The van der Waals surface area contributed by atoms with Crippen LogP contribution in [0.15, 0.2) is 40.9 Å². The van der Waals surface area contributed by atoms with E-state index in [2.05, 4.69) is 62.7 Å². The highest BCUT2D eigenvalue weighted by molar-refractivity contribution is 5.89. The first-order valence-corrected chi connectivity index (χ1v) is 6.53. The van der Waals surface area contributed by atoms with Crippen LogP contribution in [-0.2, 0) is 0 Å². The Hall–Kier alpha value is -1.89. The summed E-state index contributed by atoms with van der Waals surface area (Å²) in [5.74, 6) is 0. The third kappa shape index (κ3) is 4.06. The maximum atomic E-state index is 4.08. The Balaban J connectivity index is 3.52. The van der Waals surface area contributed by atoms with Gasteiger partial charge in [-0.1, -0.05) is 36.4 Å². The van der Waals surface area contributed by atoms with Crippen molar-refractivity contribution in [1.29, 1.82) is 0 Å². The molecule has 1 nitrogen and oxygen atoms in total. The van der Waals surface area contributed by atoms with E-state index >= 15 is 0 Å². The van der Waals surface area contributed by atoms with Crippen molar-refractivity contribution in [3.05, 3.63) is 51.9 Å². The van der Waals surface area contributed by atoms with Crippen molar-refractivity contribution in [1.82, 2.24) is 0 Å². The zero-order valence-corrected chi connectivity index (χ0v) is 12.6. The van der Waals surface area contributed by atoms with Gasteiger partial charge in [0.05, 0.1) is 0 Å². The molecule has 1 heteroatoms. The maximum absolute atomic E-state index is 4.08. The molecule has 0 heterocycles. The highest BCUT2D eigenvalue weighted by atomic mass is 14.6. The van der Waals surface area contributed by atoms with Gasteiger partial charge in [-0.2, -0.15) is 0 Å². The van der Waals surface area contributed by atoms with Crippen LogP contribution in [0.5, 0.6) is 0 Å². The number of hydrogen-bond donors (Lipinski definition) is 0. The molecule has 1 aromatic carbocycles. The summed E-state index contributed by atoms with van der Waals surface area (Å²) in [5, 5.41) is 2.45. The minimum atomic E-state index is 1.06. The molecule has 0 aliphatic heterocycles. The lowest BCUT2D eigenvalue weighted by Gasteiger charge is -2.05. The molecule has 1 rings (SSSR count). The second-order valence-electron chi connectivity index (χ2n) is 4.82. The first-order valence-electron chi connectivity index (χ1n) is 6.53. The van der Waals surface area contributed by atoms with E-state index in [1.54, 1.807) is 7.05 Å². The Morgan fingerprint density at radius 1 is 1.16 bits per heavy atom. The van der Waals surface area contributed by atoms with Crippen LogP contribution in [-0.4, -0.2) is 13.3 Å². The molecular weight excluding hydrogens is 230 g/mol. The molecule has 0 spiro atoms. The number of allylic oxidation sites excluding steroid dienone is 3. The lowest BCUT2D eigenvalue weighted by Crippen LogP contribution is -2.24. The van der Waals surface area contributed by atoms with Crippen molar-refractivity contribution in [2.75, 3.05) is 7.05 Å². The van der Waals surface area contributed by atoms with E-state index in [1.165, 1.54) is 27.1 Å². The van der Waals surface area contributed by atoms with Crippen LogP contribution < -0.4 is 10.4 Å². The lowest BCUT2D eigenvalue weighted by atomic mass is 10.0. The van der Waals surface area contributed by atoms with Gasteiger partial charge in [-0.15, -0.1) is 0 Å². The summed E-state index contributed by atoms with van der Waals surface area (Å²) < 4.78 is 0. The summed E-state index contributed by atoms with van der Waals surface area (Å²) in [6.45, 7) is 12.3. The quantitative estimate of drug-likeness (QED) is 0.733. The van der Waals surface area contributed by atoms with Crippen LogP contribution in [0.2, 0.25) is 0 Å². The summed E-state index contributed by atoms with van der Waals surface area (Å²) in [6, 6.07) is 6.53. The largest absolute Gasteiger partial charge is 0.296 e. The van der Waals surface area contributed by atoms with Crippen LogP contribution >= 0.6 is 0 Å². The molecular formula is C18H23N. The SMILES string of the molecule is C=C(C)/C=c1/cc(/C(C)=C(C)/C=N\C)cc/c1=C/C. The molecule has 0 saturated heterocycles. The molecule has 0 saturated carbocycles. The highest BCUT2D eigenvalue weighted by Gasteiger charge is 1.99. The van der Waals surface area contributed by atoms with E-state index in [4.69, 9.17) is 0 Å². The molecule has 0 fully saturated rings. The van der Waals surface area contributed by atoms with Crippen molar-refractivity contribution in [3.8, 4) is 0 Å². The standard InChI is InChI=1S/C18H23N/c1-7-16-8-9-17(11-18(16)10-13(2)3)15(5)14(4)12-19-6/h7-12H,2H2,1,3-6H3/b15-14+,16-7-,18-10-,19-12-. The van der Waals surface area contributed by atoms with Gasteiger partial charge in [0.15, 0.2) is 0 Å². The topological polar surface area (TPSA) is 12.4 Å². The summed E-state index contributed by atoms with van der Waals surface area (Å²) in [7, 11) is 1.80. The summed E-state index contributed by atoms with van der Waals surface area (Å²) in [6.07, 6.45) is 6.14. The average Bonchev–Trinajstić information content (AvgIpc) is 2.37. The summed E-state index contributed by atoms with van der Waals surface area (Å²) in [4.78, 5) is 4.08. The maximum Gasteiger partial charge on any atom is 0.0277 e. The predicted molar refractivity (Wildman–Crippen MR) is 87.8 cm³/mol. The molecule has 0 aromatic heterocycles. The Bertz CT molecular complexity index is 643. The number of nitrogens with zero attached hydrogens (tertiary/aromatic N) is 1. The molecule has 0 unspecified atom stereocenters. The Morgan fingerprint density at radius 3 is 2.37 bits per heavy atom. The third-order valence-corrected chi connectivity index (χ3v) is 3.15. The van der Waals surface area contributed by atoms with Crippen LogP contribution in [0.4, 0.5) is 0 Å². The third-order valence-electron chi connectivity index (χ3n) is 3.15. The first kappa shape index (κ1) is 15.2. The average molecular weight is 253 g/mol. The van der Waals surface area contributed by atoms with Gasteiger partial charge in [-0.05, 0) is 60.9 Å². The van der Waals surface area contributed by atoms with Crippen molar-refractivity contribution < 1.29 is 0 Å². The van der Waals surface area contributed by atoms with Gasteiger partial charge < -0.3 is 0 Å². The van der Waals surface area contributed by atoms with E-state index in [-0.39, 0.29) is 0 Å². The van der Waals surface area contributed by atoms with Gasteiger partial charge in [0, 0.05) is 13.3 Å². The van der Waals surface area contributed by atoms with Crippen LogP contribution in [0.1, 0.15) is 33.3 Å². The first-order chi connectivity index (χ1) is 8.99. The molecule has 0 aliphatic rings. The number of hydrogen-bond acceptors (Lipinski definition) is 1. The van der Waals surface area contributed by atoms with E-state index in [9.17, 15) is 0 Å². The van der Waals surface area contributed by atoms with Gasteiger partial charge in [-0.25, -0.2) is 0 Å². The zero-order valence-electron chi connectivity index (χ0n) is 12.6. The molecule has 0 bridgehead atoms. The Labute approximate surface area is 116 Å². The van der Waals surface area contributed by atoms with Crippen molar-refractivity contribution in [2.45, 2.75) is 27.7 Å². The normalized spacial score (nSPS) is 15.0. The van der Waals surface area contributed by atoms with Crippen LogP contribution in [0, 0.1) is 0 Å². The smallest absolute Gasteiger partial charge is 0.0277 e. The second-order valence-corrected chi connectivity index (χ2v) is 4.82. The molecule has 1 aromatic rings. The van der Waals surface area contributed by atoms with Crippen molar-refractivity contribution in [2.24, 2.45) is 4.99 Å². The van der Waals surface area contributed by atoms with Gasteiger partial charge >= 0.3 is 0 Å². The molecule has 0 atom stereocenters. The fraction of sp³-hybridized carbons (Fsp3) is 0.278. The van der Waals surface area contributed by atoms with Gasteiger partial charge in [0.25, 0.3) is 0 Å². The highest BCUT2D eigenvalue weighted by Crippen LogP contribution is 2.14. The number of rotatable bonds is 3. The minimum absolute atomic E-state index is 1.06. The molecule has 0 N–H and O–H groups in total. The predicted octanol–water partition coefficient (Wildman–Crippen LogP) is 3.34. The van der Waals surface area contributed by atoms with E-state index < -0.39 is 0 Å². The van der Waals surface area contributed by atoms with E-state index in [0.717, 1.165) is 5.57 Å². The van der Waals surface area contributed by atoms with Crippen molar-refractivity contribution in [3.63, 3.8) is 0 Å². The number of aliphatic imine (C=N–C) groups is 1. The van der Waals surface area contributed by atoms with Crippen LogP contribution in [0.3, 0.4) is 0 Å². The number of benzene rings is 1. The fourth-order valence-electron chi connectivity index (χ4n) is 1.98. The van der Waals surface area contributed by atoms with Crippen molar-refractivity contribution >= 4 is 23.9 Å². The van der Waals surface area contributed by atoms with Gasteiger partial charge in [0.2, 0.25) is 0 Å². The molecule has 100 valence electrons. The molecule has 0 amide bonds. The van der Waals surface area contributed by atoms with Gasteiger partial charge in [-0.3, -0.25) is 4.99 Å². The summed E-state index contributed by atoms with van der Waals surface area (Å²) >= 11 is 0. The lowest BCUT2D eigenvalue weighted by molar-refractivity contribution is 1.41. The van der Waals surface area contributed by atoms with Crippen LogP contribution in [0.25, 0.3) is 17.7 Å². The monoisotopic (exact) mass is 253 g/mol. The fourth-order valence-corrected chi connectivity index (χ4v) is 1.98. The Morgan fingerprint density at radius 2 is 1.84 bits per heavy atom. The Kier molecular flexibility index (Phi) is 5.50. The second kappa shape index (κ2) is 6.89. The van der Waals surface area contributed by atoms with E-state index in [0.29, 0.717) is 0 Å². The van der Waals surface area contributed by atoms with Gasteiger partial charge in [0.1, 0.15) is 0 Å². The summed E-state index contributed by atoms with van der Waals surface area (Å²) in [5.41, 5.74) is 4.74.